The number of nitrogens with zero attached hydrogens (tertiary/aromatic N) is 3. The highest BCUT2D eigenvalue weighted by Gasteiger charge is 2.20. The number of carbonyl (C=O) groups is 3. The van der Waals surface area contributed by atoms with Crippen molar-refractivity contribution in [2.24, 2.45) is 7.05 Å². The molecule has 0 unspecified atom stereocenters. The van der Waals surface area contributed by atoms with Crippen molar-refractivity contribution in [3.05, 3.63) is 35.7 Å². The third-order valence-electron chi connectivity index (χ3n) is 2.99. The van der Waals surface area contributed by atoms with E-state index < -0.39 is 11.9 Å². The summed E-state index contributed by atoms with van der Waals surface area (Å²) in [7, 11) is 1.59. The fourth-order valence-electron chi connectivity index (χ4n) is 1.94. The Labute approximate surface area is 138 Å². The topological polar surface area (TPSA) is 115 Å². The lowest BCUT2D eigenvalue weighted by Gasteiger charge is -2.09. The molecule has 0 radical (unpaired) electrons. The lowest BCUT2D eigenvalue weighted by Crippen LogP contribution is -2.18. The average molecular weight is 331 g/mol. The Balaban J connectivity index is 2.23. The number of aromatic nitrogens is 3. The minimum Gasteiger partial charge on any atom is -0.462 e. The fraction of sp³-hybridized carbons (Fsp3) is 0.267. The van der Waals surface area contributed by atoms with Crippen molar-refractivity contribution in [2.75, 3.05) is 17.2 Å². The Morgan fingerprint density at radius 2 is 2.04 bits per heavy atom. The first-order chi connectivity index (χ1) is 11.4. The van der Waals surface area contributed by atoms with Crippen LogP contribution in [0, 0.1) is 0 Å². The Hall–Kier alpha value is -3.23. The van der Waals surface area contributed by atoms with Crippen LogP contribution in [0.15, 0.2) is 24.5 Å². The molecule has 2 N–H and O–H groups in total. The third kappa shape index (κ3) is 3.94. The van der Waals surface area contributed by atoms with Gasteiger partial charge in [-0.1, -0.05) is 0 Å². The van der Waals surface area contributed by atoms with E-state index in [1.54, 1.807) is 14.0 Å². The van der Waals surface area contributed by atoms with Gasteiger partial charge in [0, 0.05) is 25.7 Å². The second kappa shape index (κ2) is 7.36. The van der Waals surface area contributed by atoms with Gasteiger partial charge in [0.05, 0.1) is 12.8 Å². The van der Waals surface area contributed by atoms with E-state index in [1.165, 1.54) is 36.1 Å². The van der Waals surface area contributed by atoms with Gasteiger partial charge in [0.1, 0.15) is 17.2 Å². The van der Waals surface area contributed by atoms with Crippen molar-refractivity contribution in [3.8, 4) is 0 Å². The van der Waals surface area contributed by atoms with E-state index in [9.17, 15) is 14.4 Å². The molecule has 0 saturated carbocycles. The zero-order valence-electron chi connectivity index (χ0n) is 13.5. The summed E-state index contributed by atoms with van der Waals surface area (Å²) in [5.41, 5.74) is 0.425. The summed E-state index contributed by atoms with van der Waals surface area (Å²) in [6, 6.07) is 2.91. The van der Waals surface area contributed by atoms with Crippen molar-refractivity contribution in [1.82, 2.24) is 14.8 Å². The number of rotatable bonds is 5. The lowest BCUT2D eigenvalue weighted by atomic mass is 10.2. The third-order valence-corrected chi connectivity index (χ3v) is 2.99. The number of pyridine rings is 1. The Bertz CT molecular complexity index is 784. The number of hydrogen-bond donors (Lipinski definition) is 2. The fourth-order valence-corrected chi connectivity index (χ4v) is 1.94. The molecule has 9 heteroatoms. The highest BCUT2D eigenvalue weighted by Crippen LogP contribution is 2.17. The van der Waals surface area contributed by atoms with Crippen LogP contribution in [0.5, 0.6) is 0 Å². The minimum atomic E-state index is -0.574. The number of nitrogens with one attached hydrogen (secondary N) is 2. The monoisotopic (exact) mass is 331 g/mol. The van der Waals surface area contributed by atoms with Gasteiger partial charge in [0.2, 0.25) is 5.91 Å². The van der Waals surface area contributed by atoms with Gasteiger partial charge < -0.3 is 15.4 Å². The van der Waals surface area contributed by atoms with E-state index in [1.807, 2.05) is 0 Å². The zero-order valence-corrected chi connectivity index (χ0v) is 13.5. The van der Waals surface area contributed by atoms with Gasteiger partial charge in [-0.3, -0.25) is 14.3 Å². The van der Waals surface area contributed by atoms with Crippen molar-refractivity contribution >= 4 is 29.4 Å². The van der Waals surface area contributed by atoms with Crippen LogP contribution in [0.2, 0.25) is 0 Å². The maximum Gasteiger partial charge on any atom is 0.343 e. The highest BCUT2D eigenvalue weighted by atomic mass is 16.5. The molecule has 9 nitrogen and oxygen atoms in total. The summed E-state index contributed by atoms with van der Waals surface area (Å²) in [4.78, 5) is 39.3. The number of hydrogen-bond acceptors (Lipinski definition) is 6. The normalized spacial score (nSPS) is 10.1. The Morgan fingerprint density at radius 3 is 2.71 bits per heavy atom. The van der Waals surface area contributed by atoms with Crippen molar-refractivity contribution < 1.29 is 19.1 Å². The number of amides is 2. The summed E-state index contributed by atoms with van der Waals surface area (Å²) < 4.78 is 6.29. The molecule has 0 aliphatic carbocycles. The molecule has 126 valence electrons. The molecule has 2 heterocycles. The molecular formula is C15H17N5O4. The SMILES string of the molecule is CCOC(=O)c1cnn(C)c1NC(=O)c1ccnc(NC(C)=O)c1. The second-order valence-corrected chi connectivity index (χ2v) is 4.82. The number of ether oxygens (including phenoxy) is 1. The van der Waals surface area contributed by atoms with E-state index in [4.69, 9.17) is 4.74 Å². The van der Waals surface area contributed by atoms with Crippen molar-refractivity contribution in [2.45, 2.75) is 13.8 Å². The molecule has 0 atom stereocenters. The first-order valence-electron chi connectivity index (χ1n) is 7.16. The van der Waals surface area contributed by atoms with Crippen LogP contribution in [0.25, 0.3) is 0 Å². The van der Waals surface area contributed by atoms with Gasteiger partial charge in [-0.15, -0.1) is 0 Å². The van der Waals surface area contributed by atoms with Gasteiger partial charge in [0.15, 0.2) is 0 Å². The van der Waals surface area contributed by atoms with E-state index in [-0.39, 0.29) is 35.3 Å². The van der Waals surface area contributed by atoms with Gasteiger partial charge >= 0.3 is 5.97 Å². The summed E-state index contributed by atoms with van der Waals surface area (Å²) in [5.74, 6) is -0.869. The highest BCUT2D eigenvalue weighted by molar-refractivity contribution is 6.07. The Morgan fingerprint density at radius 1 is 1.29 bits per heavy atom. The standard InChI is InChI=1S/C15H17N5O4/c1-4-24-15(23)11-8-17-20(3)13(11)19-14(22)10-5-6-16-12(7-10)18-9(2)21/h5-8H,4H2,1-3H3,(H,19,22)(H,16,18,21). The summed E-state index contributed by atoms with van der Waals surface area (Å²) >= 11 is 0. The van der Waals surface area contributed by atoms with Crippen molar-refractivity contribution in [1.29, 1.82) is 0 Å². The molecule has 24 heavy (non-hydrogen) atoms. The number of anilines is 2. The smallest absolute Gasteiger partial charge is 0.343 e. The van der Waals surface area contributed by atoms with Gasteiger partial charge in [-0.05, 0) is 19.1 Å². The zero-order chi connectivity index (χ0) is 17.7. The first kappa shape index (κ1) is 17.1. The molecule has 2 rings (SSSR count). The summed E-state index contributed by atoms with van der Waals surface area (Å²) in [6.07, 6.45) is 2.72. The minimum absolute atomic E-state index is 0.156. The van der Waals surface area contributed by atoms with Crippen LogP contribution >= 0.6 is 0 Å². The molecule has 2 aromatic heterocycles. The molecule has 0 bridgehead atoms. The molecule has 2 aromatic rings. The predicted molar refractivity (Wildman–Crippen MR) is 85.7 cm³/mol. The largest absolute Gasteiger partial charge is 0.462 e. The summed E-state index contributed by atoms with van der Waals surface area (Å²) in [5, 5.41) is 9.07. The number of aryl methyl sites for hydroxylation is 1. The van der Waals surface area contributed by atoms with Crippen LogP contribution in [0.4, 0.5) is 11.6 Å². The van der Waals surface area contributed by atoms with E-state index in [0.29, 0.717) is 0 Å². The van der Waals surface area contributed by atoms with Gasteiger partial charge in [0.25, 0.3) is 5.91 Å². The molecule has 0 aliphatic rings. The van der Waals surface area contributed by atoms with Gasteiger partial charge in [-0.25, -0.2) is 9.78 Å². The van der Waals surface area contributed by atoms with E-state index >= 15 is 0 Å². The van der Waals surface area contributed by atoms with E-state index in [0.717, 1.165) is 0 Å². The second-order valence-electron chi connectivity index (χ2n) is 4.82. The van der Waals surface area contributed by atoms with Crippen LogP contribution < -0.4 is 10.6 Å². The molecular weight excluding hydrogens is 314 g/mol. The molecule has 2 amide bonds. The maximum absolute atomic E-state index is 12.4. The first-order valence-corrected chi connectivity index (χ1v) is 7.16. The Kier molecular flexibility index (Phi) is 5.25. The van der Waals surface area contributed by atoms with Crippen LogP contribution in [-0.2, 0) is 16.6 Å². The molecule has 0 aromatic carbocycles. The molecule has 0 aliphatic heterocycles. The maximum atomic E-state index is 12.4. The van der Waals surface area contributed by atoms with Crippen LogP contribution in [0.1, 0.15) is 34.6 Å². The summed E-state index contributed by atoms with van der Waals surface area (Å²) in [6.45, 7) is 3.24. The van der Waals surface area contributed by atoms with Gasteiger partial charge in [-0.2, -0.15) is 5.10 Å². The average Bonchev–Trinajstić information content (AvgIpc) is 2.88. The number of carbonyl (C=O) groups excluding carboxylic acids is 3. The van der Waals surface area contributed by atoms with Crippen LogP contribution in [0.3, 0.4) is 0 Å². The van der Waals surface area contributed by atoms with E-state index in [2.05, 4.69) is 20.7 Å². The molecule has 0 saturated heterocycles. The quantitative estimate of drug-likeness (QED) is 0.796. The van der Waals surface area contributed by atoms with Crippen molar-refractivity contribution in [3.63, 3.8) is 0 Å². The molecule has 0 spiro atoms. The lowest BCUT2D eigenvalue weighted by molar-refractivity contribution is -0.114. The number of esters is 1. The van der Waals surface area contributed by atoms with Crippen LogP contribution in [-0.4, -0.2) is 39.2 Å². The predicted octanol–water partition coefficient (Wildman–Crippen LogP) is 1.20. The molecule has 0 fully saturated rings.